The molecule has 1 aromatic heterocycles. The second-order valence-corrected chi connectivity index (χ2v) is 4.82. The minimum absolute atomic E-state index is 0.185. The first-order valence-electron chi connectivity index (χ1n) is 6.22. The average molecular weight is 262 g/mol. The first-order chi connectivity index (χ1) is 9.08. The van der Waals surface area contributed by atoms with E-state index in [-0.39, 0.29) is 5.82 Å². The van der Waals surface area contributed by atoms with Gasteiger partial charge in [0.2, 0.25) is 0 Å². The Morgan fingerprint density at radius 1 is 1.32 bits per heavy atom. The van der Waals surface area contributed by atoms with Crippen LogP contribution in [-0.2, 0) is 26.7 Å². The fraction of sp³-hybridized carbons (Fsp3) is 0.357. The van der Waals surface area contributed by atoms with Crippen LogP contribution in [0, 0.1) is 5.82 Å². The number of hydrogen-bond acceptors (Lipinski definition) is 3. The van der Waals surface area contributed by atoms with Gasteiger partial charge in [-0.15, -0.1) is 0 Å². The van der Waals surface area contributed by atoms with Gasteiger partial charge in [-0.3, -0.25) is 9.58 Å². The van der Waals surface area contributed by atoms with Crippen LogP contribution in [0.15, 0.2) is 30.6 Å². The van der Waals surface area contributed by atoms with E-state index < -0.39 is 0 Å². The highest BCUT2D eigenvalue weighted by Gasteiger charge is 2.08. The highest BCUT2D eigenvalue weighted by atomic mass is 19.1. The first kappa shape index (κ1) is 13.7. The second kappa shape index (κ2) is 5.95. The van der Waals surface area contributed by atoms with E-state index in [4.69, 9.17) is 5.73 Å². The summed E-state index contributed by atoms with van der Waals surface area (Å²) in [6.45, 7) is 1.72. The van der Waals surface area contributed by atoms with Crippen LogP contribution in [0.1, 0.15) is 16.7 Å². The molecule has 2 aromatic rings. The van der Waals surface area contributed by atoms with Gasteiger partial charge in [0.05, 0.1) is 6.20 Å². The number of hydrogen-bond donors (Lipinski definition) is 1. The molecule has 4 nitrogen and oxygen atoms in total. The van der Waals surface area contributed by atoms with E-state index in [1.54, 1.807) is 10.7 Å². The summed E-state index contributed by atoms with van der Waals surface area (Å²) in [7, 11) is 3.84. The molecular weight excluding hydrogens is 243 g/mol. The number of nitrogens with zero attached hydrogens (tertiary/aromatic N) is 3. The molecule has 0 saturated heterocycles. The number of aryl methyl sites for hydroxylation is 1. The Balaban J connectivity index is 2.03. The predicted molar refractivity (Wildman–Crippen MR) is 72.7 cm³/mol. The van der Waals surface area contributed by atoms with Crippen LogP contribution in [0.3, 0.4) is 0 Å². The van der Waals surface area contributed by atoms with Crippen molar-refractivity contribution in [2.24, 2.45) is 12.8 Å². The molecule has 1 heterocycles. The van der Waals surface area contributed by atoms with Gasteiger partial charge in [0, 0.05) is 44.0 Å². The lowest BCUT2D eigenvalue weighted by molar-refractivity contribution is 0.313. The molecule has 0 fully saturated rings. The van der Waals surface area contributed by atoms with Gasteiger partial charge >= 0.3 is 0 Å². The quantitative estimate of drug-likeness (QED) is 0.891. The van der Waals surface area contributed by atoms with Crippen molar-refractivity contribution in [3.8, 4) is 0 Å². The number of nitrogens with two attached hydrogens (primary N) is 1. The molecule has 0 bridgehead atoms. The van der Waals surface area contributed by atoms with E-state index in [0.29, 0.717) is 18.7 Å². The van der Waals surface area contributed by atoms with Crippen molar-refractivity contribution < 1.29 is 4.39 Å². The lowest BCUT2D eigenvalue weighted by atomic mass is 10.1. The van der Waals surface area contributed by atoms with E-state index in [2.05, 4.69) is 10.00 Å². The van der Waals surface area contributed by atoms with Crippen LogP contribution in [0.2, 0.25) is 0 Å². The zero-order chi connectivity index (χ0) is 13.8. The molecule has 0 amide bonds. The second-order valence-electron chi connectivity index (χ2n) is 4.82. The molecule has 0 saturated carbocycles. The zero-order valence-corrected chi connectivity index (χ0v) is 11.3. The molecule has 102 valence electrons. The molecule has 0 aliphatic carbocycles. The minimum atomic E-state index is -0.185. The van der Waals surface area contributed by atoms with Gasteiger partial charge in [-0.05, 0) is 18.7 Å². The van der Waals surface area contributed by atoms with Crippen molar-refractivity contribution in [3.63, 3.8) is 0 Å². The number of aromatic nitrogens is 2. The van der Waals surface area contributed by atoms with Crippen LogP contribution < -0.4 is 5.73 Å². The van der Waals surface area contributed by atoms with Gasteiger partial charge < -0.3 is 5.73 Å². The summed E-state index contributed by atoms with van der Waals surface area (Å²) in [5.41, 5.74) is 8.32. The summed E-state index contributed by atoms with van der Waals surface area (Å²) < 4.78 is 15.5. The molecule has 0 spiro atoms. The standard InChI is InChI=1S/C14H19FN4/c1-18(8-12-7-17-19(2)9-12)10-13-5-11(6-16)3-4-14(13)15/h3-5,7,9H,6,8,10,16H2,1-2H3. The molecule has 0 atom stereocenters. The third-order valence-corrected chi connectivity index (χ3v) is 3.00. The van der Waals surface area contributed by atoms with E-state index in [1.807, 2.05) is 32.6 Å². The summed E-state index contributed by atoms with van der Waals surface area (Å²) in [6, 6.07) is 5.03. The van der Waals surface area contributed by atoms with E-state index in [1.165, 1.54) is 6.07 Å². The summed E-state index contributed by atoms with van der Waals surface area (Å²) in [6.07, 6.45) is 3.78. The monoisotopic (exact) mass is 262 g/mol. The Kier molecular flexibility index (Phi) is 4.29. The van der Waals surface area contributed by atoms with Crippen molar-refractivity contribution in [2.75, 3.05) is 7.05 Å². The van der Waals surface area contributed by atoms with Crippen molar-refractivity contribution in [1.82, 2.24) is 14.7 Å². The van der Waals surface area contributed by atoms with Crippen LogP contribution in [0.4, 0.5) is 4.39 Å². The Morgan fingerprint density at radius 3 is 2.74 bits per heavy atom. The zero-order valence-electron chi connectivity index (χ0n) is 11.3. The van der Waals surface area contributed by atoms with Gasteiger partial charge in [-0.1, -0.05) is 12.1 Å². The molecule has 5 heteroatoms. The maximum absolute atomic E-state index is 13.7. The third-order valence-electron chi connectivity index (χ3n) is 3.00. The Bertz CT molecular complexity index is 550. The van der Waals surface area contributed by atoms with Crippen LogP contribution in [-0.4, -0.2) is 21.7 Å². The molecule has 0 radical (unpaired) electrons. The molecule has 2 rings (SSSR count). The first-order valence-corrected chi connectivity index (χ1v) is 6.22. The van der Waals surface area contributed by atoms with E-state index in [9.17, 15) is 4.39 Å². The largest absolute Gasteiger partial charge is 0.326 e. The maximum Gasteiger partial charge on any atom is 0.127 e. The van der Waals surface area contributed by atoms with Crippen LogP contribution >= 0.6 is 0 Å². The summed E-state index contributed by atoms with van der Waals surface area (Å²) >= 11 is 0. The van der Waals surface area contributed by atoms with Gasteiger partial charge in [0.1, 0.15) is 5.82 Å². The fourth-order valence-corrected chi connectivity index (χ4v) is 2.09. The van der Waals surface area contributed by atoms with Gasteiger partial charge in [0.25, 0.3) is 0 Å². The van der Waals surface area contributed by atoms with Gasteiger partial charge in [0.15, 0.2) is 0 Å². The SMILES string of the molecule is CN(Cc1cnn(C)c1)Cc1cc(CN)ccc1F. The van der Waals surface area contributed by atoms with E-state index >= 15 is 0 Å². The van der Waals surface area contributed by atoms with Crippen molar-refractivity contribution in [3.05, 3.63) is 53.1 Å². The third kappa shape index (κ3) is 3.62. The van der Waals surface area contributed by atoms with Gasteiger partial charge in [-0.2, -0.15) is 5.10 Å². The number of rotatable bonds is 5. The van der Waals surface area contributed by atoms with Crippen LogP contribution in [0.5, 0.6) is 0 Å². The number of halogens is 1. The minimum Gasteiger partial charge on any atom is -0.326 e. The predicted octanol–water partition coefficient (Wildman–Crippen LogP) is 1.65. The lowest BCUT2D eigenvalue weighted by Crippen LogP contribution is -2.18. The smallest absolute Gasteiger partial charge is 0.127 e. The van der Waals surface area contributed by atoms with Crippen LogP contribution in [0.25, 0.3) is 0 Å². The molecule has 2 N–H and O–H groups in total. The summed E-state index contributed by atoms with van der Waals surface area (Å²) in [5.74, 6) is -0.185. The number of benzene rings is 1. The van der Waals surface area contributed by atoms with Crippen molar-refractivity contribution in [2.45, 2.75) is 19.6 Å². The molecular formula is C14H19FN4. The summed E-state index contributed by atoms with van der Waals surface area (Å²) in [4.78, 5) is 2.05. The van der Waals surface area contributed by atoms with Gasteiger partial charge in [-0.25, -0.2) is 4.39 Å². The van der Waals surface area contributed by atoms with E-state index in [0.717, 1.165) is 17.7 Å². The molecule has 1 aromatic carbocycles. The highest BCUT2D eigenvalue weighted by molar-refractivity contribution is 5.25. The normalized spacial score (nSPS) is 11.2. The molecule has 0 aliphatic rings. The molecule has 0 aliphatic heterocycles. The molecule has 19 heavy (non-hydrogen) atoms. The van der Waals surface area contributed by atoms with Crippen molar-refractivity contribution >= 4 is 0 Å². The Morgan fingerprint density at radius 2 is 2.11 bits per heavy atom. The average Bonchev–Trinajstić information content (AvgIpc) is 2.77. The Labute approximate surface area is 112 Å². The fourth-order valence-electron chi connectivity index (χ4n) is 2.09. The maximum atomic E-state index is 13.7. The Hall–Kier alpha value is -1.72. The molecule has 0 unspecified atom stereocenters. The topological polar surface area (TPSA) is 47.1 Å². The highest BCUT2D eigenvalue weighted by Crippen LogP contribution is 2.13. The van der Waals surface area contributed by atoms with Crippen molar-refractivity contribution in [1.29, 1.82) is 0 Å². The summed E-state index contributed by atoms with van der Waals surface area (Å²) in [5, 5.41) is 4.12. The lowest BCUT2D eigenvalue weighted by Gasteiger charge is -2.16.